The third-order valence-electron chi connectivity index (χ3n) is 1.93. The van der Waals surface area contributed by atoms with Gasteiger partial charge in [-0.15, -0.1) is 11.6 Å². The Morgan fingerprint density at radius 1 is 1.38 bits per heavy atom. The van der Waals surface area contributed by atoms with Crippen LogP contribution in [-0.2, 0) is 13.0 Å². The monoisotopic (exact) mass is 201 g/mol. The van der Waals surface area contributed by atoms with Crippen LogP contribution in [0, 0.1) is 5.82 Å². The van der Waals surface area contributed by atoms with Crippen LogP contribution in [0.5, 0.6) is 0 Å². The van der Waals surface area contributed by atoms with Crippen LogP contribution < -0.4 is 5.73 Å². The Balaban J connectivity index is 2.73. The van der Waals surface area contributed by atoms with E-state index in [1.807, 2.05) is 6.07 Å². The van der Waals surface area contributed by atoms with E-state index in [0.717, 1.165) is 17.5 Å². The van der Waals surface area contributed by atoms with E-state index in [-0.39, 0.29) is 5.82 Å². The van der Waals surface area contributed by atoms with Gasteiger partial charge in [0, 0.05) is 12.4 Å². The van der Waals surface area contributed by atoms with Gasteiger partial charge in [-0.05, 0) is 30.0 Å². The lowest BCUT2D eigenvalue weighted by molar-refractivity contribution is 0.605. The summed E-state index contributed by atoms with van der Waals surface area (Å²) in [6, 6.07) is 5.13. The van der Waals surface area contributed by atoms with Gasteiger partial charge in [-0.3, -0.25) is 0 Å². The van der Waals surface area contributed by atoms with Crippen molar-refractivity contribution in [2.45, 2.75) is 19.4 Å². The topological polar surface area (TPSA) is 26.0 Å². The fourth-order valence-corrected chi connectivity index (χ4v) is 1.31. The Morgan fingerprint density at radius 2 is 2.15 bits per heavy atom. The maximum absolute atomic E-state index is 13.3. The van der Waals surface area contributed by atoms with E-state index < -0.39 is 0 Å². The molecule has 0 spiro atoms. The van der Waals surface area contributed by atoms with Crippen LogP contribution in [0.4, 0.5) is 4.39 Å². The van der Waals surface area contributed by atoms with Crippen LogP contribution in [0.1, 0.15) is 17.5 Å². The number of alkyl halides is 1. The van der Waals surface area contributed by atoms with Gasteiger partial charge in [0.15, 0.2) is 0 Å². The molecular weight excluding hydrogens is 189 g/mol. The third-order valence-corrected chi connectivity index (χ3v) is 2.20. The Labute approximate surface area is 82.7 Å². The average Bonchev–Trinajstić information content (AvgIpc) is 2.16. The summed E-state index contributed by atoms with van der Waals surface area (Å²) in [5.74, 6) is 0.394. The maximum Gasteiger partial charge on any atom is 0.126 e. The number of benzene rings is 1. The molecule has 13 heavy (non-hydrogen) atoms. The van der Waals surface area contributed by atoms with Crippen molar-refractivity contribution in [3.05, 3.63) is 35.1 Å². The molecule has 0 amide bonds. The molecule has 3 heteroatoms. The summed E-state index contributed by atoms with van der Waals surface area (Å²) < 4.78 is 13.3. The lowest BCUT2D eigenvalue weighted by Crippen LogP contribution is -1.99. The molecule has 1 nitrogen and oxygen atoms in total. The predicted molar refractivity (Wildman–Crippen MR) is 53.3 cm³/mol. The van der Waals surface area contributed by atoms with E-state index in [0.29, 0.717) is 18.8 Å². The van der Waals surface area contributed by atoms with E-state index in [9.17, 15) is 4.39 Å². The first-order valence-corrected chi connectivity index (χ1v) is 4.84. The van der Waals surface area contributed by atoms with Crippen molar-refractivity contribution in [2.75, 3.05) is 5.88 Å². The Kier molecular flexibility index (Phi) is 4.19. The van der Waals surface area contributed by atoms with Gasteiger partial charge in [-0.25, -0.2) is 4.39 Å². The highest BCUT2D eigenvalue weighted by Crippen LogP contribution is 2.12. The minimum Gasteiger partial charge on any atom is -0.326 e. The molecule has 1 rings (SSSR count). The molecule has 0 aliphatic heterocycles. The smallest absolute Gasteiger partial charge is 0.126 e. The highest BCUT2D eigenvalue weighted by atomic mass is 35.5. The van der Waals surface area contributed by atoms with Crippen molar-refractivity contribution in [3.63, 3.8) is 0 Å². The number of nitrogens with two attached hydrogens (primary N) is 1. The molecule has 1 aromatic rings. The van der Waals surface area contributed by atoms with Crippen molar-refractivity contribution < 1.29 is 4.39 Å². The molecule has 2 N–H and O–H groups in total. The number of aryl methyl sites for hydroxylation is 1. The van der Waals surface area contributed by atoms with Crippen LogP contribution in [0.25, 0.3) is 0 Å². The molecule has 0 radical (unpaired) electrons. The second-order valence-electron chi connectivity index (χ2n) is 2.92. The Morgan fingerprint density at radius 3 is 2.69 bits per heavy atom. The van der Waals surface area contributed by atoms with Crippen molar-refractivity contribution >= 4 is 11.6 Å². The van der Waals surface area contributed by atoms with E-state index in [2.05, 4.69) is 0 Å². The van der Waals surface area contributed by atoms with Gasteiger partial charge in [-0.1, -0.05) is 12.1 Å². The summed E-state index contributed by atoms with van der Waals surface area (Å²) in [6.07, 6.45) is 1.50. The lowest BCUT2D eigenvalue weighted by atomic mass is 10.1. The summed E-state index contributed by atoms with van der Waals surface area (Å²) in [7, 11) is 0. The minimum atomic E-state index is -0.173. The molecule has 0 atom stereocenters. The first-order chi connectivity index (χ1) is 6.27. The van der Waals surface area contributed by atoms with E-state index in [4.69, 9.17) is 17.3 Å². The molecule has 0 saturated heterocycles. The second kappa shape index (κ2) is 5.20. The number of hydrogen-bond donors (Lipinski definition) is 1. The highest BCUT2D eigenvalue weighted by Gasteiger charge is 2.01. The maximum atomic E-state index is 13.3. The molecule has 0 aliphatic rings. The number of halogens is 2. The van der Waals surface area contributed by atoms with Gasteiger partial charge in [0.1, 0.15) is 5.82 Å². The van der Waals surface area contributed by atoms with E-state index in [1.54, 1.807) is 6.07 Å². The molecular formula is C10H13ClFN. The zero-order chi connectivity index (χ0) is 9.68. The van der Waals surface area contributed by atoms with Crippen molar-refractivity contribution in [1.29, 1.82) is 0 Å². The van der Waals surface area contributed by atoms with Gasteiger partial charge >= 0.3 is 0 Å². The molecule has 0 unspecified atom stereocenters. The van der Waals surface area contributed by atoms with Crippen molar-refractivity contribution in [3.8, 4) is 0 Å². The Hall–Kier alpha value is -0.600. The fraction of sp³-hybridized carbons (Fsp3) is 0.400. The number of hydrogen-bond acceptors (Lipinski definition) is 1. The van der Waals surface area contributed by atoms with E-state index in [1.165, 1.54) is 6.07 Å². The van der Waals surface area contributed by atoms with Crippen molar-refractivity contribution in [2.24, 2.45) is 5.73 Å². The average molecular weight is 202 g/mol. The Bertz CT molecular complexity index is 276. The zero-order valence-corrected chi connectivity index (χ0v) is 8.15. The van der Waals surface area contributed by atoms with Crippen LogP contribution in [0.3, 0.4) is 0 Å². The second-order valence-corrected chi connectivity index (χ2v) is 3.30. The molecule has 0 aliphatic carbocycles. The van der Waals surface area contributed by atoms with Gasteiger partial charge in [0.05, 0.1) is 0 Å². The fourth-order valence-electron chi connectivity index (χ4n) is 1.18. The normalized spacial score (nSPS) is 10.4. The predicted octanol–water partition coefficient (Wildman–Crippen LogP) is 2.46. The largest absolute Gasteiger partial charge is 0.326 e. The van der Waals surface area contributed by atoms with Crippen LogP contribution in [0.2, 0.25) is 0 Å². The summed E-state index contributed by atoms with van der Waals surface area (Å²) >= 11 is 5.52. The molecule has 0 saturated carbocycles. The van der Waals surface area contributed by atoms with Crippen LogP contribution >= 0.6 is 11.6 Å². The van der Waals surface area contributed by atoms with Gasteiger partial charge in [-0.2, -0.15) is 0 Å². The standard InChI is InChI=1S/C10H13ClFN/c11-5-1-2-9-4-3-8(7-13)6-10(9)12/h3-4,6H,1-2,5,7,13H2. The van der Waals surface area contributed by atoms with Crippen molar-refractivity contribution in [1.82, 2.24) is 0 Å². The number of rotatable bonds is 4. The zero-order valence-electron chi connectivity index (χ0n) is 7.39. The quantitative estimate of drug-likeness (QED) is 0.745. The third kappa shape index (κ3) is 2.98. The van der Waals surface area contributed by atoms with Gasteiger partial charge in [0.2, 0.25) is 0 Å². The molecule has 1 aromatic carbocycles. The molecule has 72 valence electrons. The molecule has 0 heterocycles. The van der Waals surface area contributed by atoms with Crippen LogP contribution in [0.15, 0.2) is 18.2 Å². The van der Waals surface area contributed by atoms with Crippen LogP contribution in [-0.4, -0.2) is 5.88 Å². The summed E-state index contributed by atoms with van der Waals surface area (Å²) in [4.78, 5) is 0. The first-order valence-electron chi connectivity index (χ1n) is 4.31. The molecule has 0 aromatic heterocycles. The van der Waals surface area contributed by atoms with E-state index >= 15 is 0 Å². The minimum absolute atomic E-state index is 0.173. The van der Waals surface area contributed by atoms with Gasteiger partial charge in [0.25, 0.3) is 0 Å². The SMILES string of the molecule is NCc1ccc(CCCCl)c(F)c1. The summed E-state index contributed by atoms with van der Waals surface area (Å²) in [5, 5.41) is 0. The summed E-state index contributed by atoms with van der Waals surface area (Å²) in [5.41, 5.74) is 6.93. The highest BCUT2D eigenvalue weighted by molar-refractivity contribution is 6.17. The summed E-state index contributed by atoms with van der Waals surface area (Å²) in [6.45, 7) is 0.382. The molecule has 0 fully saturated rings. The lowest BCUT2D eigenvalue weighted by Gasteiger charge is -2.03. The van der Waals surface area contributed by atoms with Gasteiger partial charge < -0.3 is 5.73 Å². The first kappa shape index (κ1) is 10.5. The molecule has 0 bridgehead atoms.